The molecule has 0 unspecified atom stereocenters. The smallest absolute Gasteiger partial charge is 0.221 e. The van der Waals surface area contributed by atoms with Gasteiger partial charge in [-0.25, -0.2) is 0 Å². The first-order chi connectivity index (χ1) is 7.72. The molecule has 0 bridgehead atoms. The Morgan fingerprint density at radius 2 is 2.00 bits per heavy atom. The first-order valence-electron chi connectivity index (χ1n) is 6.17. The Hall–Kier alpha value is -0.610. The van der Waals surface area contributed by atoms with Gasteiger partial charge in [0.15, 0.2) is 0 Å². The van der Waals surface area contributed by atoms with E-state index in [1.807, 2.05) is 7.05 Å². The van der Waals surface area contributed by atoms with E-state index < -0.39 is 0 Å². The van der Waals surface area contributed by atoms with Crippen LogP contribution in [0.15, 0.2) is 0 Å². The zero-order chi connectivity index (χ0) is 11.9. The van der Waals surface area contributed by atoms with Crippen molar-refractivity contribution in [2.75, 3.05) is 27.3 Å². The highest BCUT2D eigenvalue weighted by Crippen LogP contribution is 2.30. The van der Waals surface area contributed by atoms with Gasteiger partial charge in [-0.05, 0) is 19.9 Å². The molecule has 4 heteroatoms. The average Bonchev–Trinajstić information content (AvgIpc) is 2.30. The standard InChI is InChI=1S/C12H24N2O2/c1-13-12(6-4-3-5-7-12)10-11(15)14-8-9-16-2/h13H,3-10H2,1-2H3,(H,14,15). The molecule has 0 aromatic rings. The molecule has 1 rings (SSSR count). The number of carbonyl (C=O) groups is 1. The van der Waals surface area contributed by atoms with Gasteiger partial charge in [0.2, 0.25) is 5.91 Å². The van der Waals surface area contributed by atoms with Crippen molar-refractivity contribution in [3.63, 3.8) is 0 Å². The Kier molecular flexibility index (Phi) is 5.77. The molecule has 0 aromatic heterocycles. The van der Waals surface area contributed by atoms with Crippen molar-refractivity contribution in [1.29, 1.82) is 0 Å². The minimum atomic E-state index is 0.0371. The topological polar surface area (TPSA) is 50.4 Å². The molecule has 0 aromatic carbocycles. The molecule has 0 atom stereocenters. The van der Waals surface area contributed by atoms with Gasteiger partial charge >= 0.3 is 0 Å². The van der Waals surface area contributed by atoms with Gasteiger partial charge in [0.1, 0.15) is 0 Å². The second kappa shape index (κ2) is 6.86. The second-order valence-corrected chi connectivity index (χ2v) is 4.61. The molecule has 0 aliphatic heterocycles. The van der Waals surface area contributed by atoms with Crippen molar-refractivity contribution in [2.24, 2.45) is 0 Å². The molecular weight excluding hydrogens is 204 g/mol. The lowest BCUT2D eigenvalue weighted by atomic mass is 9.79. The van der Waals surface area contributed by atoms with Crippen LogP contribution in [-0.4, -0.2) is 38.8 Å². The number of methoxy groups -OCH3 is 1. The SMILES string of the molecule is CNC1(CC(=O)NCCOC)CCCCC1. The molecule has 1 aliphatic rings. The molecule has 1 aliphatic carbocycles. The summed E-state index contributed by atoms with van der Waals surface area (Å²) < 4.78 is 4.90. The Balaban J connectivity index is 2.33. The maximum absolute atomic E-state index is 11.7. The van der Waals surface area contributed by atoms with Gasteiger partial charge in [0.05, 0.1) is 6.61 Å². The van der Waals surface area contributed by atoms with Crippen molar-refractivity contribution >= 4 is 5.91 Å². The van der Waals surface area contributed by atoms with Crippen molar-refractivity contribution in [2.45, 2.75) is 44.1 Å². The lowest BCUT2D eigenvalue weighted by molar-refractivity contribution is -0.123. The maximum Gasteiger partial charge on any atom is 0.221 e. The minimum absolute atomic E-state index is 0.0371. The van der Waals surface area contributed by atoms with Crippen LogP contribution in [-0.2, 0) is 9.53 Å². The monoisotopic (exact) mass is 228 g/mol. The van der Waals surface area contributed by atoms with Crippen LogP contribution >= 0.6 is 0 Å². The van der Waals surface area contributed by atoms with Crippen molar-refractivity contribution in [3.05, 3.63) is 0 Å². The second-order valence-electron chi connectivity index (χ2n) is 4.61. The van der Waals surface area contributed by atoms with E-state index in [2.05, 4.69) is 10.6 Å². The summed E-state index contributed by atoms with van der Waals surface area (Å²) >= 11 is 0. The summed E-state index contributed by atoms with van der Waals surface area (Å²) in [5.74, 6) is 0.133. The van der Waals surface area contributed by atoms with E-state index in [0.717, 1.165) is 12.8 Å². The van der Waals surface area contributed by atoms with Crippen LogP contribution in [0.2, 0.25) is 0 Å². The predicted molar refractivity (Wildman–Crippen MR) is 64.4 cm³/mol. The van der Waals surface area contributed by atoms with E-state index in [-0.39, 0.29) is 11.4 Å². The molecule has 0 heterocycles. The fourth-order valence-corrected chi connectivity index (χ4v) is 2.41. The van der Waals surface area contributed by atoms with Crippen LogP contribution in [0, 0.1) is 0 Å². The summed E-state index contributed by atoms with van der Waals surface area (Å²) in [5.41, 5.74) is 0.0371. The van der Waals surface area contributed by atoms with Gasteiger partial charge in [-0.3, -0.25) is 4.79 Å². The number of nitrogens with one attached hydrogen (secondary N) is 2. The van der Waals surface area contributed by atoms with Gasteiger partial charge < -0.3 is 15.4 Å². The molecule has 2 N–H and O–H groups in total. The van der Waals surface area contributed by atoms with Crippen LogP contribution in [0.1, 0.15) is 38.5 Å². The highest BCUT2D eigenvalue weighted by molar-refractivity contribution is 5.77. The predicted octanol–water partition coefficient (Wildman–Crippen LogP) is 1.06. The summed E-state index contributed by atoms with van der Waals surface area (Å²) in [4.78, 5) is 11.7. The van der Waals surface area contributed by atoms with E-state index in [9.17, 15) is 4.79 Å². The summed E-state index contributed by atoms with van der Waals surface area (Å²) in [6.07, 6.45) is 6.57. The average molecular weight is 228 g/mol. The zero-order valence-corrected chi connectivity index (χ0v) is 10.5. The van der Waals surface area contributed by atoms with Gasteiger partial charge in [-0.15, -0.1) is 0 Å². The lowest BCUT2D eigenvalue weighted by Crippen LogP contribution is -2.48. The molecule has 1 amide bonds. The van der Waals surface area contributed by atoms with Crippen LogP contribution in [0.5, 0.6) is 0 Å². The summed E-state index contributed by atoms with van der Waals surface area (Å²) in [5, 5.41) is 6.23. The lowest BCUT2D eigenvalue weighted by Gasteiger charge is -2.36. The van der Waals surface area contributed by atoms with Crippen LogP contribution < -0.4 is 10.6 Å². The minimum Gasteiger partial charge on any atom is -0.383 e. The maximum atomic E-state index is 11.7. The molecule has 0 spiro atoms. The molecule has 0 radical (unpaired) electrons. The molecule has 1 saturated carbocycles. The number of hydrogen-bond donors (Lipinski definition) is 2. The van der Waals surface area contributed by atoms with E-state index in [1.54, 1.807) is 7.11 Å². The van der Waals surface area contributed by atoms with Crippen LogP contribution in [0.4, 0.5) is 0 Å². The fourth-order valence-electron chi connectivity index (χ4n) is 2.41. The van der Waals surface area contributed by atoms with Crippen LogP contribution in [0.3, 0.4) is 0 Å². The highest BCUT2D eigenvalue weighted by Gasteiger charge is 2.32. The van der Waals surface area contributed by atoms with Gasteiger partial charge in [-0.1, -0.05) is 19.3 Å². The summed E-state index contributed by atoms with van der Waals surface area (Å²) in [6, 6.07) is 0. The number of carbonyl (C=O) groups excluding carboxylic acids is 1. The van der Waals surface area contributed by atoms with E-state index in [1.165, 1.54) is 19.3 Å². The van der Waals surface area contributed by atoms with Gasteiger partial charge in [0.25, 0.3) is 0 Å². The zero-order valence-electron chi connectivity index (χ0n) is 10.5. The van der Waals surface area contributed by atoms with Gasteiger partial charge in [0, 0.05) is 25.6 Å². The van der Waals surface area contributed by atoms with Crippen molar-refractivity contribution in [1.82, 2.24) is 10.6 Å². The third-order valence-electron chi connectivity index (χ3n) is 3.47. The van der Waals surface area contributed by atoms with Crippen molar-refractivity contribution in [3.8, 4) is 0 Å². The molecular formula is C12H24N2O2. The van der Waals surface area contributed by atoms with E-state index in [0.29, 0.717) is 19.6 Å². The molecule has 94 valence electrons. The van der Waals surface area contributed by atoms with E-state index >= 15 is 0 Å². The number of amides is 1. The van der Waals surface area contributed by atoms with E-state index in [4.69, 9.17) is 4.74 Å². The molecule has 16 heavy (non-hydrogen) atoms. The Bertz CT molecular complexity index is 213. The molecule has 4 nitrogen and oxygen atoms in total. The van der Waals surface area contributed by atoms with Gasteiger partial charge in [-0.2, -0.15) is 0 Å². The quantitative estimate of drug-likeness (QED) is 0.668. The number of hydrogen-bond acceptors (Lipinski definition) is 3. The Morgan fingerprint density at radius 3 is 2.56 bits per heavy atom. The fraction of sp³-hybridized carbons (Fsp3) is 0.917. The largest absolute Gasteiger partial charge is 0.383 e. The first-order valence-corrected chi connectivity index (χ1v) is 6.17. The van der Waals surface area contributed by atoms with Crippen LogP contribution in [0.25, 0.3) is 0 Å². The number of ether oxygens (including phenoxy) is 1. The summed E-state index contributed by atoms with van der Waals surface area (Å²) in [6.45, 7) is 1.19. The van der Waals surface area contributed by atoms with Crippen molar-refractivity contribution < 1.29 is 9.53 Å². The third kappa shape index (κ3) is 4.10. The number of rotatable bonds is 6. The highest BCUT2D eigenvalue weighted by atomic mass is 16.5. The molecule has 0 saturated heterocycles. The first kappa shape index (κ1) is 13.5. The normalized spacial score (nSPS) is 19.4. The Labute approximate surface area is 98.1 Å². The molecule has 1 fully saturated rings. The Morgan fingerprint density at radius 1 is 1.31 bits per heavy atom. The third-order valence-corrected chi connectivity index (χ3v) is 3.47. The summed E-state index contributed by atoms with van der Waals surface area (Å²) in [7, 11) is 3.61.